The third kappa shape index (κ3) is 3.22. The largest absolute Gasteiger partial charge is 0.396 e. The van der Waals surface area contributed by atoms with Gasteiger partial charge in [0.25, 0.3) is 0 Å². The van der Waals surface area contributed by atoms with Crippen LogP contribution in [-0.2, 0) is 10.0 Å². The number of hydrogen-bond acceptors (Lipinski definition) is 3. The molecule has 84 valence electrons. The lowest BCUT2D eigenvalue weighted by molar-refractivity contribution is 0.164. The summed E-state index contributed by atoms with van der Waals surface area (Å²) in [5, 5.41) is 9.10. The van der Waals surface area contributed by atoms with Crippen molar-refractivity contribution in [3.05, 3.63) is 0 Å². The minimum Gasteiger partial charge on any atom is -0.396 e. The van der Waals surface area contributed by atoms with Gasteiger partial charge in [-0.15, -0.1) is 0 Å². The third-order valence-electron chi connectivity index (χ3n) is 2.85. The van der Waals surface area contributed by atoms with E-state index in [2.05, 4.69) is 4.72 Å². The van der Waals surface area contributed by atoms with Crippen LogP contribution < -0.4 is 4.72 Å². The summed E-state index contributed by atoms with van der Waals surface area (Å²) in [6, 6.07) is -0.0568. The van der Waals surface area contributed by atoms with Crippen LogP contribution in [-0.4, -0.2) is 31.9 Å². The van der Waals surface area contributed by atoms with Gasteiger partial charge in [-0.2, -0.15) is 0 Å². The van der Waals surface area contributed by atoms with Crippen LogP contribution in [0.4, 0.5) is 0 Å². The Kier molecular flexibility index (Phi) is 4.34. The standard InChI is InChI=1S/C9H19NO3S/c1-2-14(12,13)10-9-6-4-3-5-8(9)7-11/h8-11H,2-7H2,1H3/t8-,9+/m0/s1. The molecule has 0 heterocycles. The van der Waals surface area contributed by atoms with E-state index in [0.717, 1.165) is 25.7 Å². The molecule has 0 aromatic carbocycles. The average molecular weight is 221 g/mol. The number of sulfonamides is 1. The number of nitrogens with one attached hydrogen (secondary N) is 1. The molecule has 2 atom stereocenters. The predicted octanol–water partition coefficient (Wildman–Crippen LogP) is 0.477. The van der Waals surface area contributed by atoms with Crippen molar-refractivity contribution in [1.82, 2.24) is 4.72 Å². The summed E-state index contributed by atoms with van der Waals surface area (Å²) in [6.07, 6.45) is 3.92. The zero-order chi connectivity index (χ0) is 10.6. The van der Waals surface area contributed by atoms with Crippen molar-refractivity contribution in [2.75, 3.05) is 12.4 Å². The fourth-order valence-corrected chi connectivity index (χ4v) is 2.83. The quantitative estimate of drug-likeness (QED) is 0.725. The van der Waals surface area contributed by atoms with Crippen LogP contribution in [0.1, 0.15) is 32.6 Å². The van der Waals surface area contributed by atoms with E-state index in [-0.39, 0.29) is 24.3 Å². The highest BCUT2D eigenvalue weighted by Crippen LogP contribution is 2.24. The Morgan fingerprint density at radius 1 is 1.36 bits per heavy atom. The molecule has 1 saturated carbocycles. The van der Waals surface area contributed by atoms with Gasteiger partial charge in [-0.1, -0.05) is 12.8 Å². The summed E-state index contributed by atoms with van der Waals surface area (Å²) in [5.74, 6) is 0.215. The highest BCUT2D eigenvalue weighted by Gasteiger charge is 2.27. The van der Waals surface area contributed by atoms with Crippen molar-refractivity contribution in [3.63, 3.8) is 0 Å². The maximum atomic E-state index is 11.3. The summed E-state index contributed by atoms with van der Waals surface area (Å²) >= 11 is 0. The Labute approximate surface area is 85.8 Å². The lowest BCUT2D eigenvalue weighted by Crippen LogP contribution is -2.43. The molecule has 0 unspecified atom stereocenters. The Balaban J connectivity index is 2.57. The highest BCUT2D eigenvalue weighted by atomic mass is 32.2. The van der Waals surface area contributed by atoms with Gasteiger partial charge in [-0.25, -0.2) is 13.1 Å². The fraction of sp³-hybridized carbons (Fsp3) is 1.00. The topological polar surface area (TPSA) is 66.4 Å². The molecule has 0 spiro atoms. The molecule has 4 nitrogen and oxygen atoms in total. The zero-order valence-corrected chi connectivity index (χ0v) is 9.39. The second kappa shape index (κ2) is 5.09. The normalized spacial score (nSPS) is 29.0. The van der Waals surface area contributed by atoms with Gasteiger partial charge < -0.3 is 5.11 Å². The van der Waals surface area contributed by atoms with Crippen LogP contribution in [0.15, 0.2) is 0 Å². The van der Waals surface area contributed by atoms with E-state index in [1.54, 1.807) is 6.92 Å². The zero-order valence-electron chi connectivity index (χ0n) is 8.57. The minimum absolute atomic E-state index is 0.0568. The number of hydrogen-bond donors (Lipinski definition) is 2. The molecular formula is C9H19NO3S. The van der Waals surface area contributed by atoms with E-state index in [0.29, 0.717) is 0 Å². The van der Waals surface area contributed by atoms with E-state index < -0.39 is 10.0 Å². The summed E-state index contributed by atoms with van der Waals surface area (Å²) in [7, 11) is -3.12. The van der Waals surface area contributed by atoms with E-state index in [9.17, 15) is 8.42 Å². The molecular weight excluding hydrogens is 202 g/mol. The number of aliphatic hydroxyl groups excluding tert-OH is 1. The van der Waals surface area contributed by atoms with Gasteiger partial charge in [0.1, 0.15) is 0 Å². The summed E-state index contributed by atoms with van der Waals surface area (Å²) < 4.78 is 25.3. The van der Waals surface area contributed by atoms with Crippen molar-refractivity contribution in [1.29, 1.82) is 0 Å². The summed E-state index contributed by atoms with van der Waals surface area (Å²) in [5.41, 5.74) is 0. The van der Waals surface area contributed by atoms with Crippen LogP contribution in [0.3, 0.4) is 0 Å². The molecule has 0 aromatic rings. The second-order valence-electron chi connectivity index (χ2n) is 3.85. The Bertz CT molecular complexity index is 263. The Morgan fingerprint density at radius 3 is 2.57 bits per heavy atom. The molecule has 14 heavy (non-hydrogen) atoms. The maximum Gasteiger partial charge on any atom is 0.211 e. The van der Waals surface area contributed by atoms with Gasteiger partial charge in [0, 0.05) is 12.6 Å². The van der Waals surface area contributed by atoms with Crippen LogP contribution in [0.2, 0.25) is 0 Å². The molecule has 0 bridgehead atoms. The first kappa shape index (κ1) is 11.9. The van der Waals surface area contributed by atoms with Gasteiger partial charge in [0.15, 0.2) is 0 Å². The molecule has 5 heteroatoms. The van der Waals surface area contributed by atoms with Crippen LogP contribution in [0.5, 0.6) is 0 Å². The molecule has 1 aliphatic carbocycles. The van der Waals surface area contributed by atoms with Gasteiger partial charge in [-0.3, -0.25) is 0 Å². The molecule has 1 fully saturated rings. The molecule has 2 N–H and O–H groups in total. The van der Waals surface area contributed by atoms with Crippen LogP contribution in [0, 0.1) is 5.92 Å². The Hall–Kier alpha value is -0.130. The van der Waals surface area contributed by atoms with Crippen molar-refractivity contribution in [2.24, 2.45) is 5.92 Å². The molecule has 1 aliphatic rings. The first-order chi connectivity index (χ1) is 6.59. The molecule has 0 amide bonds. The minimum atomic E-state index is -3.12. The monoisotopic (exact) mass is 221 g/mol. The molecule has 0 aromatic heterocycles. The van der Waals surface area contributed by atoms with E-state index >= 15 is 0 Å². The van der Waals surface area contributed by atoms with Crippen LogP contribution in [0.25, 0.3) is 0 Å². The Morgan fingerprint density at radius 2 is 2.00 bits per heavy atom. The average Bonchev–Trinajstić information content (AvgIpc) is 2.18. The number of rotatable bonds is 4. The summed E-state index contributed by atoms with van der Waals surface area (Å²) in [4.78, 5) is 0. The van der Waals surface area contributed by atoms with Gasteiger partial charge in [0.05, 0.1) is 5.75 Å². The van der Waals surface area contributed by atoms with Crippen molar-refractivity contribution in [3.8, 4) is 0 Å². The molecule has 1 rings (SSSR count). The summed E-state index contributed by atoms with van der Waals surface area (Å²) in [6.45, 7) is 1.70. The maximum absolute atomic E-state index is 11.3. The fourth-order valence-electron chi connectivity index (χ4n) is 1.90. The molecule has 0 radical (unpaired) electrons. The first-order valence-electron chi connectivity index (χ1n) is 5.20. The SMILES string of the molecule is CCS(=O)(=O)N[C@@H]1CCCC[C@H]1CO. The highest BCUT2D eigenvalue weighted by molar-refractivity contribution is 7.89. The van der Waals surface area contributed by atoms with Gasteiger partial charge >= 0.3 is 0 Å². The smallest absolute Gasteiger partial charge is 0.211 e. The van der Waals surface area contributed by atoms with E-state index in [4.69, 9.17) is 5.11 Å². The number of aliphatic hydroxyl groups is 1. The first-order valence-corrected chi connectivity index (χ1v) is 6.85. The van der Waals surface area contributed by atoms with E-state index in [1.807, 2.05) is 0 Å². The second-order valence-corrected chi connectivity index (χ2v) is 5.90. The lowest BCUT2D eigenvalue weighted by atomic mass is 9.86. The molecule has 0 aliphatic heterocycles. The van der Waals surface area contributed by atoms with Crippen molar-refractivity contribution in [2.45, 2.75) is 38.6 Å². The van der Waals surface area contributed by atoms with Gasteiger partial charge in [-0.05, 0) is 25.7 Å². The van der Waals surface area contributed by atoms with Crippen LogP contribution >= 0.6 is 0 Å². The van der Waals surface area contributed by atoms with Gasteiger partial charge in [0.2, 0.25) is 10.0 Å². The van der Waals surface area contributed by atoms with Crippen molar-refractivity contribution >= 4 is 10.0 Å². The lowest BCUT2D eigenvalue weighted by Gasteiger charge is -2.30. The van der Waals surface area contributed by atoms with Crippen molar-refractivity contribution < 1.29 is 13.5 Å². The van der Waals surface area contributed by atoms with E-state index in [1.165, 1.54) is 0 Å². The molecule has 0 saturated heterocycles. The predicted molar refractivity (Wildman–Crippen MR) is 55.4 cm³/mol. The third-order valence-corrected chi connectivity index (χ3v) is 4.28.